The van der Waals surface area contributed by atoms with Crippen molar-refractivity contribution >= 4 is 12.0 Å². The van der Waals surface area contributed by atoms with Crippen LogP contribution >= 0.6 is 0 Å². The van der Waals surface area contributed by atoms with Crippen LogP contribution in [0.15, 0.2) is 42.5 Å². The summed E-state index contributed by atoms with van der Waals surface area (Å²) in [6, 6.07) is 12.2. The molecule has 0 heterocycles. The highest BCUT2D eigenvalue weighted by Gasteiger charge is 2.10. The second kappa shape index (κ2) is 7.64. The molecule has 24 heavy (non-hydrogen) atoms. The van der Waals surface area contributed by atoms with Crippen molar-refractivity contribution in [2.45, 2.75) is 33.4 Å². The van der Waals surface area contributed by atoms with Crippen molar-refractivity contribution in [3.8, 4) is 0 Å². The Balaban J connectivity index is 1.88. The first-order chi connectivity index (χ1) is 11.4. The lowest BCUT2D eigenvalue weighted by molar-refractivity contribution is 0.0697. The number of nitrogens with one attached hydrogen (secondary N) is 2. The maximum Gasteiger partial charge on any atom is 0.335 e. The monoisotopic (exact) mass is 326 g/mol. The third-order valence-corrected chi connectivity index (χ3v) is 4.03. The molecule has 2 rings (SSSR count). The Labute approximate surface area is 141 Å². The standard InChI is InChI=1S/C19H22N2O3/c1-12-4-7-17(10-13(12)2)14(3)21-19(24)20-11-15-5-8-16(9-6-15)18(22)23/h4-10,14H,11H2,1-3H3,(H,22,23)(H2,20,21,24). The van der Waals surface area contributed by atoms with Gasteiger partial charge in [0.15, 0.2) is 0 Å². The quantitative estimate of drug-likeness (QED) is 0.786. The minimum atomic E-state index is -0.963. The second-order valence-electron chi connectivity index (χ2n) is 5.89. The first kappa shape index (κ1) is 17.5. The number of benzene rings is 2. The molecule has 0 aromatic heterocycles. The van der Waals surface area contributed by atoms with Gasteiger partial charge in [0.25, 0.3) is 0 Å². The SMILES string of the molecule is Cc1ccc(C(C)NC(=O)NCc2ccc(C(=O)O)cc2)cc1C. The molecule has 0 aliphatic carbocycles. The molecular formula is C19H22N2O3. The smallest absolute Gasteiger partial charge is 0.335 e. The molecule has 2 amide bonds. The molecule has 0 radical (unpaired) electrons. The molecule has 2 aromatic rings. The van der Waals surface area contributed by atoms with E-state index in [9.17, 15) is 9.59 Å². The van der Waals surface area contributed by atoms with Crippen molar-refractivity contribution in [2.24, 2.45) is 0 Å². The lowest BCUT2D eigenvalue weighted by Crippen LogP contribution is -2.36. The van der Waals surface area contributed by atoms with Crippen molar-refractivity contribution in [1.29, 1.82) is 0 Å². The van der Waals surface area contributed by atoms with Gasteiger partial charge in [-0.25, -0.2) is 9.59 Å². The molecule has 0 fully saturated rings. The summed E-state index contributed by atoms with van der Waals surface area (Å²) in [4.78, 5) is 22.8. The van der Waals surface area contributed by atoms with E-state index in [2.05, 4.69) is 23.6 Å². The van der Waals surface area contributed by atoms with Gasteiger partial charge in [0.05, 0.1) is 11.6 Å². The molecule has 0 aliphatic rings. The van der Waals surface area contributed by atoms with Crippen LogP contribution < -0.4 is 10.6 Å². The van der Waals surface area contributed by atoms with E-state index in [0.29, 0.717) is 6.54 Å². The first-order valence-corrected chi connectivity index (χ1v) is 7.80. The summed E-state index contributed by atoms with van der Waals surface area (Å²) in [5, 5.41) is 14.5. The lowest BCUT2D eigenvalue weighted by Gasteiger charge is -2.16. The van der Waals surface area contributed by atoms with E-state index in [-0.39, 0.29) is 17.6 Å². The summed E-state index contributed by atoms with van der Waals surface area (Å²) in [6.45, 7) is 6.38. The number of amides is 2. The maximum atomic E-state index is 12.0. The van der Waals surface area contributed by atoms with Gasteiger partial charge in [-0.05, 0) is 55.2 Å². The fourth-order valence-electron chi connectivity index (χ4n) is 2.31. The van der Waals surface area contributed by atoms with Crippen LogP contribution in [0.2, 0.25) is 0 Å². The van der Waals surface area contributed by atoms with E-state index in [0.717, 1.165) is 11.1 Å². The van der Waals surface area contributed by atoms with E-state index >= 15 is 0 Å². The number of carbonyl (C=O) groups is 2. The molecule has 2 aromatic carbocycles. The molecule has 126 valence electrons. The summed E-state index contributed by atoms with van der Waals surface area (Å²) < 4.78 is 0. The molecule has 0 spiro atoms. The Kier molecular flexibility index (Phi) is 5.58. The normalized spacial score (nSPS) is 11.6. The minimum Gasteiger partial charge on any atom is -0.478 e. The molecular weight excluding hydrogens is 304 g/mol. The van der Waals surface area contributed by atoms with Crippen LogP contribution in [0.5, 0.6) is 0 Å². The molecule has 0 aliphatic heterocycles. The summed E-state index contributed by atoms with van der Waals surface area (Å²) in [6.07, 6.45) is 0. The van der Waals surface area contributed by atoms with Gasteiger partial charge in [-0.1, -0.05) is 30.3 Å². The van der Waals surface area contributed by atoms with Gasteiger partial charge < -0.3 is 15.7 Å². The van der Waals surface area contributed by atoms with Crippen molar-refractivity contribution in [2.75, 3.05) is 0 Å². The van der Waals surface area contributed by atoms with Crippen molar-refractivity contribution in [1.82, 2.24) is 10.6 Å². The fourth-order valence-corrected chi connectivity index (χ4v) is 2.31. The van der Waals surface area contributed by atoms with Gasteiger partial charge in [0.1, 0.15) is 0 Å². The number of carbonyl (C=O) groups excluding carboxylic acids is 1. The maximum absolute atomic E-state index is 12.0. The van der Waals surface area contributed by atoms with Crippen molar-refractivity contribution in [3.05, 3.63) is 70.3 Å². The van der Waals surface area contributed by atoms with Gasteiger partial charge in [0, 0.05) is 6.54 Å². The van der Waals surface area contributed by atoms with Gasteiger partial charge in [-0.2, -0.15) is 0 Å². The number of hydrogen-bond donors (Lipinski definition) is 3. The average molecular weight is 326 g/mol. The Morgan fingerprint density at radius 1 is 1.04 bits per heavy atom. The van der Waals surface area contributed by atoms with Crippen LogP contribution in [0.25, 0.3) is 0 Å². The van der Waals surface area contributed by atoms with Crippen LogP contribution in [0.1, 0.15) is 45.6 Å². The van der Waals surface area contributed by atoms with Crippen LogP contribution in [0, 0.1) is 13.8 Å². The van der Waals surface area contributed by atoms with Crippen molar-refractivity contribution in [3.63, 3.8) is 0 Å². The van der Waals surface area contributed by atoms with Crippen LogP contribution in [0.4, 0.5) is 4.79 Å². The molecule has 5 heteroatoms. The van der Waals surface area contributed by atoms with Crippen molar-refractivity contribution < 1.29 is 14.7 Å². The number of hydrogen-bond acceptors (Lipinski definition) is 2. The van der Waals surface area contributed by atoms with Gasteiger partial charge in [-0.15, -0.1) is 0 Å². The predicted molar refractivity (Wildman–Crippen MR) is 93.1 cm³/mol. The first-order valence-electron chi connectivity index (χ1n) is 7.80. The number of urea groups is 1. The zero-order valence-corrected chi connectivity index (χ0v) is 14.1. The topological polar surface area (TPSA) is 78.4 Å². The lowest BCUT2D eigenvalue weighted by atomic mass is 10.0. The number of rotatable bonds is 5. The molecule has 3 N–H and O–H groups in total. The Bertz CT molecular complexity index is 739. The predicted octanol–water partition coefficient (Wildman–Crippen LogP) is 3.56. The second-order valence-corrected chi connectivity index (χ2v) is 5.89. The fraction of sp³-hybridized carbons (Fsp3) is 0.263. The molecule has 0 saturated heterocycles. The zero-order chi connectivity index (χ0) is 17.7. The van der Waals surface area contributed by atoms with E-state index < -0.39 is 5.97 Å². The van der Waals surface area contributed by atoms with Gasteiger partial charge in [-0.3, -0.25) is 0 Å². The highest BCUT2D eigenvalue weighted by molar-refractivity contribution is 5.87. The Morgan fingerprint density at radius 3 is 2.29 bits per heavy atom. The minimum absolute atomic E-state index is 0.0984. The number of aryl methyl sites for hydroxylation is 2. The highest BCUT2D eigenvalue weighted by atomic mass is 16.4. The van der Waals surface area contributed by atoms with Crippen LogP contribution in [-0.2, 0) is 6.54 Å². The number of carboxylic acids is 1. The molecule has 1 unspecified atom stereocenters. The highest BCUT2D eigenvalue weighted by Crippen LogP contribution is 2.16. The molecule has 0 bridgehead atoms. The van der Waals surface area contributed by atoms with Crippen LogP contribution in [0.3, 0.4) is 0 Å². The van der Waals surface area contributed by atoms with E-state index in [1.807, 2.05) is 26.0 Å². The Hall–Kier alpha value is -2.82. The third-order valence-electron chi connectivity index (χ3n) is 4.03. The number of carboxylic acid groups (broad SMARTS) is 1. The molecule has 1 atom stereocenters. The summed E-state index contributed by atoms with van der Waals surface area (Å²) in [5.41, 5.74) is 4.54. The molecule has 5 nitrogen and oxygen atoms in total. The third kappa shape index (κ3) is 4.59. The van der Waals surface area contributed by atoms with Crippen LogP contribution in [-0.4, -0.2) is 17.1 Å². The van der Waals surface area contributed by atoms with E-state index in [1.54, 1.807) is 12.1 Å². The molecule has 0 saturated carbocycles. The summed E-state index contributed by atoms with van der Waals surface area (Å²) in [5.74, 6) is -0.963. The Morgan fingerprint density at radius 2 is 1.71 bits per heavy atom. The van der Waals surface area contributed by atoms with Gasteiger partial charge >= 0.3 is 12.0 Å². The summed E-state index contributed by atoms with van der Waals surface area (Å²) in [7, 11) is 0. The summed E-state index contributed by atoms with van der Waals surface area (Å²) >= 11 is 0. The number of aromatic carboxylic acids is 1. The van der Waals surface area contributed by atoms with E-state index in [1.165, 1.54) is 23.3 Å². The van der Waals surface area contributed by atoms with Gasteiger partial charge in [0.2, 0.25) is 0 Å². The largest absolute Gasteiger partial charge is 0.478 e. The zero-order valence-electron chi connectivity index (χ0n) is 14.1. The van der Waals surface area contributed by atoms with E-state index in [4.69, 9.17) is 5.11 Å². The average Bonchev–Trinajstić information content (AvgIpc) is 2.55.